The molecule has 0 rings (SSSR count). The van der Waals surface area contributed by atoms with Crippen molar-refractivity contribution in [2.75, 3.05) is 0 Å². The van der Waals surface area contributed by atoms with Crippen LogP contribution in [0.5, 0.6) is 0 Å². The molecule has 0 fully saturated rings. The van der Waals surface area contributed by atoms with Gasteiger partial charge < -0.3 is 30.6 Å². The van der Waals surface area contributed by atoms with E-state index in [1.165, 1.54) is 0 Å². The Hall–Kier alpha value is 1.40. The second kappa shape index (κ2) is 45.3. The molecule has 0 N–H and O–H groups in total. The molecular weight excluding hydrogens is 567 g/mol. The molecule has 6 nitrogen and oxygen atoms in total. The van der Waals surface area contributed by atoms with Gasteiger partial charge in [0.2, 0.25) is 0 Å². The summed E-state index contributed by atoms with van der Waals surface area (Å²) >= 11 is 0. The normalized spacial score (nSPS) is 8.31. The average Bonchev–Trinajstić information content (AvgIpc) is 2.08. The molecule has 26 heavy (non-hydrogen) atoms. The molecule has 2 radical (unpaired) electrons. The van der Waals surface area contributed by atoms with Crippen molar-refractivity contribution in [1.29, 1.82) is 0 Å². The maximum Gasteiger partial charge on any atom is 4.00 e. The summed E-state index contributed by atoms with van der Waals surface area (Å²) in [6.45, 7) is 19.3. The van der Waals surface area contributed by atoms with Gasteiger partial charge >= 0.3 is 49.0 Å². The Kier molecular flexibility index (Phi) is 88.3. The summed E-state index contributed by atoms with van der Waals surface area (Å²) in [4.78, 5) is 0. The van der Waals surface area contributed by atoms with Crippen molar-refractivity contribution in [3.8, 4) is 0 Å². The summed E-state index contributed by atoms with van der Waals surface area (Å²) < 4.78 is 0. The predicted molar refractivity (Wildman–Crippen MR) is 96.6 cm³/mol. The van der Waals surface area contributed by atoms with E-state index in [0.29, 0.717) is 0 Å². The van der Waals surface area contributed by atoms with Crippen molar-refractivity contribution in [2.24, 2.45) is 0 Å². The second-order valence-electron chi connectivity index (χ2n) is 6.29. The van der Waals surface area contributed by atoms with Gasteiger partial charge in [0.05, 0.1) is 0 Å². The van der Waals surface area contributed by atoms with E-state index in [-0.39, 0.29) is 49.0 Å². The minimum Gasteiger partial charge on any atom is -0.852 e. The predicted octanol–water partition coefficient (Wildman–Crippen LogP) is -1.85. The summed E-state index contributed by atoms with van der Waals surface area (Å²) in [6, 6.07) is 0. The maximum absolute atomic E-state index is 9.53. The molecule has 0 unspecified atom stereocenters. The Bertz CT molecular complexity index is 107. The first-order chi connectivity index (χ1) is 10.4. The van der Waals surface area contributed by atoms with Crippen molar-refractivity contribution < 1.29 is 52.4 Å². The minimum atomic E-state index is -0.417. The van der Waals surface area contributed by atoms with Gasteiger partial charge in [0.25, 0.3) is 0 Å². The fourth-order valence-corrected chi connectivity index (χ4v) is 0. The van der Waals surface area contributed by atoms with Crippen molar-refractivity contribution >= 4 is 27.3 Å². The SMILES string of the molecule is CC(C)[O-].CC(C)[O-].CC(C)[O-].CC(C)[O-].CC(C)[O-].CC(C)[O-].[Pb+2].[Ti+4]. The summed E-state index contributed by atoms with van der Waals surface area (Å²) in [5.74, 6) is 0. The van der Waals surface area contributed by atoms with Gasteiger partial charge in [-0.2, -0.15) is 0 Å². The molecule has 0 aliphatic rings. The Labute approximate surface area is 198 Å². The van der Waals surface area contributed by atoms with E-state index in [4.69, 9.17) is 0 Å². The van der Waals surface area contributed by atoms with Gasteiger partial charge in [-0.05, 0) is 0 Å². The average molecular weight is 610 g/mol. The molecule has 0 aromatic rings. The van der Waals surface area contributed by atoms with Crippen LogP contribution in [0.25, 0.3) is 0 Å². The van der Waals surface area contributed by atoms with E-state index in [1.807, 2.05) is 0 Å². The number of hydrogen-bond acceptors (Lipinski definition) is 6. The third-order valence-corrected chi connectivity index (χ3v) is 0. The van der Waals surface area contributed by atoms with Crippen LogP contribution in [0, 0.1) is 0 Å². The molecular formula is C18H42O6PbTi. The second-order valence-corrected chi connectivity index (χ2v) is 6.29. The molecule has 158 valence electrons. The van der Waals surface area contributed by atoms with E-state index in [9.17, 15) is 30.6 Å². The zero-order chi connectivity index (χ0) is 21.5. The Morgan fingerprint density at radius 1 is 0.308 bits per heavy atom. The van der Waals surface area contributed by atoms with Crippen LogP contribution in [0.4, 0.5) is 0 Å². The smallest absolute Gasteiger partial charge is 0.852 e. The van der Waals surface area contributed by atoms with Crippen LogP contribution in [0.1, 0.15) is 83.1 Å². The molecule has 0 amide bonds. The first kappa shape index (κ1) is 50.7. The zero-order valence-corrected chi connectivity index (χ0v) is 24.4. The molecule has 0 spiro atoms. The van der Waals surface area contributed by atoms with Crippen molar-refractivity contribution in [2.45, 2.75) is 120 Å². The van der Waals surface area contributed by atoms with E-state index < -0.39 is 36.6 Å². The standard InChI is InChI=1S/6C3H7O.Pb.Ti/c6*1-3(2)4;;/h6*3H,1-2H3;;/q6*-1;+2;+4. The van der Waals surface area contributed by atoms with Crippen LogP contribution in [-0.4, -0.2) is 63.9 Å². The summed E-state index contributed by atoms with van der Waals surface area (Å²) in [6.07, 6.45) is -2.50. The number of hydrogen-bond donors (Lipinski definition) is 0. The van der Waals surface area contributed by atoms with Crippen LogP contribution in [0.2, 0.25) is 0 Å². The fourth-order valence-electron chi connectivity index (χ4n) is 0. The molecule has 0 saturated heterocycles. The van der Waals surface area contributed by atoms with E-state index in [0.717, 1.165) is 0 Å². The Balaban J connectivity index is -0.0000000245. The molecule has 0 atom stereocenters. The topological polar surface area (TPSA) is 138 Å². The van der Waals surface area contributed by atoms with Gasteiger partial charge in [-0.3, -0.25) is 0 Å². The van der Waals surface area contributed by atoms with Crippen LogP contribution in [-0.2, 0) is 21.7 Å². The van der Waals surface area contributed by atoms with Gasteiger partial charge in [0, 0.05) is 0 Å². The van der Waals surface area contributed by atoms with Crippen molar-refractivity contribution in [1.82, 2.24) is 0 Å². The number of rotatable bonds is 0. The van der Waals surface area contributed by atoms with Crippen LogP contribution >= 0.6 is 0 Å². The monoisotopic (exact) mass is 610 g/mol. The Morgan fingerprint density at radius 2 is 0.308 bits per heavy atom. The molecule has 0 saturated carbocycles. The third-order valence-electron chi connectivity index (χ3n) is 0. The third kappa shape index (κ3) is 7750. The molecule has 8 heteroatoms. The molecule has 0 aromatic carbocycles. The molecule has 0 bridgehead atoms. The molecule has 0 heterocycles. The summed E-state index contributed by atoms with van der Waals surface area (Å²) in [5.41, 5.74) is 0. The summed E-state index contributed by atoms with van der Waals surface area (Å²) in [7, 11) is 0. The first-order valence-corrected chi connectivity index (χ1v) is 8.34. The van der Waals surface area contributed by atoms with Crippen molar-refractivity contribution in [3.63, 3.8) is 0 Å². The Morgan fingerprint density at radius 3 is 0.308 bits per heavy atom. The van der Waals surface area contributed by atoms with E-state index in [2.05, 4.69) is 0 Å². The van der Waals surface area contributed by atoms with Gasteiger partial charge in [0.1, 0.15) is 0 Å². The molecule has 0 aliphatic carbocycles. The van der Waals surface area contributed by atoms with Crippen LogP contribution in [0.3, 0.4) is 0 Å². The zero-order valence-electron chi connectivity index (χ0n) is 18.9. The molecule has 0 aromatic heterocycles. The van der Waals surface area contributed by atoms with Crippen LogP contribution < -0.4 is 30.6 Å². The van der Waals surface area contributed by atoms with E-state index >= 15 is 0 Å². The van der Waals surface area contributed by atoms with Crippen LogP contribution in [0.15, 0.2) is 0 Å². The fraction of sp³-hybridized carbons (Fsp3) is 1.00. The summed E-state index contributed by atoms with van der Waals surface area (Å²) in [5, 5.41) is 57.2. The van der Waals surface area contributed by atoms with Gasteiger partial charge in [-0.1, -0.05) is 83.1 Å². The van der Waals surface area contributed by atoms with Gasteiger partial charge in [0.15, 0.2) is 0 Å². The van der Waals surface area contributed by atoms with E-state index in [1.54, 1.807) is 83.1 Å². The van der Waals surface area contributed by atoms with Crippen molar-refractivity contribution in [3.05, 3.63) is 0 Å². The maximum atomic E-state index is 9.53. The van der Waals surface area contributed by atoms with Gasteiger partial charge in [-0.15, -0.1) is 36.6 Å². The quantitative estimate of drug-likeness (QED) is 0.296. The largest absolute Gasteiger partial charge is 4.00 e. The first-order valence-electron chi connectivity index (χ1n) is 8.34. The minimum absolute atomic E-state index is 0. The van der Waals surface area contributed by atoms with Gasteiger partial charge in [-0.25, -0.2) is 0 Å². The molecule has 0 aliphatic heterocycles.